The molecule has 4 rings (SSSR count). The summed E-state index contributed by atoms with van der Waals surface area (Å²) in [7, 11) is 0. The monoisotopic (exact) mass is 673 g/mol. The molecule has 0 aliphatic heterocycles. The first-order valence-electron chi connectivity index (χ1n) is 14.5. The van der Waals surface area contributed by atoms with Gasteiger partial charge in [0.15, 0.2) is 12.3 Å². The number of halogens is 6. The van der Waals surface area contributed by atoms with Gasteiger partial charge in [0.25, 0.3) is 5.91 Å². The van der Waals surface area contributed by atoms with Gasteiger partial charge in [-0.05, 0) is 84.8 Å². The molecular formula is C33H29F6N5O4. The summed E-state index contributed by atoms with van der Waals surface area (Å²) >= 11 is 0. The van der Waals surface area contributed by atoms with Gasteiger partial charge >= 0.3 is 18.3 Å². The molecule has 0 heterocycles. The molecular weight excluding hydrogens is 644 g/mol. The summed E-state index contributed by atoms with van der Waals surface area (Å²) in [5, 5.41) is 32.3. The number of rotatable bonds is 9. The van der Waals surface area contributed by atoms with E-state index < -0.39 is 53.7 Å². The van der Waals surface area contributed by atoms with Gasteiger partial charge in [-0.15, -0.1) is 0 Å². The maximum atomic E-state index is 13.6. The molecule has 15 heteroatoms. The van der Waals surface area contributed by atoms with Gasteiger partial charge in [-0.25, -0.2) is 9.79 Å². The lowest BCUT2D eigenvalue weighted by Gasteiger charge is -2.26. The quantitative estimate of drug-likeness (QED) is 0.0659. The van der Waals surface area contributed by atoms with E-state index in [1.165, 1.54) is 29.2 Å². The molecule has 0 saturated heterocycles. The van der Waals surface area contributed by atoms with Crippen molar-refractivity contribution in [1.82, 2.24) is 10.6 Å². The van der Waals surface area contributed by atoms with Crippen LogP contribution in [0, 0.1) is 11.5 Å². The number of anilines is 1. The first-order chi connectivity index (χ1) is 22.7. The lowest BCUT2D eigenvalue weighted by Crippen LogP contribution is -2.39. The summed E-state index contributed by atoms with van der Waals surface area (Å²) in [6.07, 6.45) is -4.37. The average molecular weight is 674 g/mol. The van der Waals surface area contributed by atoms with Crippen molar-refractivity contribution in [3.8, 4) is 6.19 Å². The molecule has 0 saturated carbocycles. The van der Waals surface area contributed by atoms with Crippen molar-refractivity contribution in [2.45, 2.75) is 50.7 Å². The standard InChI is InChI=1S/C33H29F6N5O4/c34-32(35,36)24-14-25(33(37,38)39)16-26(15-24)43-31(42-19-40)44(27-12-10-22(11-13-27)21-4-2-1-3-5-21)18-20-6-8-23(9-7-20)29(46)41-17-28(45)30(47)48/h4,6-16,28,45H,1-3,5,17-18H2,(H,41,46)(H,42,43)(H,47,48)/t28-/m1/s1. The number of hydrogen-bond acceptors (Lipinski definition) is 5. The summed E-state index contributed by atoms with van der Waals surface area (Å²) in [4.78, 5) is 28.7. The number of alkyl halides is 6. The fourth-order valence-electron chi connectivity index (χ4n) is 4.90. The Balaban J connectivity index is 1.74. The Bertz CT molecular complexity index is 1700. The number of carbonyl (C=O) groups excluding carboxylic acids is 1. The van der Waals surface area contributed by atoms with Crippen molar-refractivity contribution >= 4 is 34.8 Å². The second-order valence-corrected chi connectivity index (χ2v) is 10.8. The number of nitriles is 1. The van der Waals surface area contributed by atoms with Crippen LogP contribution in [0.2, 0.25) is 0 Å². The highest BCUT2D eigenvalue weighted by molar-refractivity contribution is 5.99. The van der Waals surface area contributed by atoms with Crippen LogP contribution in [0.4, 0.5) is 37.7 Å². The third-order valence-electron chi connectivity index (χ3n) is 7.37. The molecule has 48 heavy (non-hydrogen) atoms. The predicted molar refractivity (Wildman–Crippen MR) is 164 cm³/mol. The molecule has 0 aromatic heterocycles. The zero-order valence-corrected chi connectivity index (χ0v) is 25.1. The molecule has 3 aromatic rings. The van der Waals surface area contributed by atoms with E-state index in [0.717, 1.165) is 36.8 Å². The molecule has 3 aromatic carbocycles. The number of allylic oxidation sites excluding steroid dienone is 2. The second kappa shape index (κ2) is 15.0. The number of guanidine groups is 1. The number of benzene rings is 3. The van der Waals surface area contributed by atoms with Gasteiger partial charge in [-0.1, -0.05) is 30.3 Å². The van der Waals surface area contributed by atoms with Crippen LogP contribution in [0.25, 0.3) is 5.57 Å². The first kappa shape index (κ1) is 35.5. The van der Waals surface area contributed by atoms with E-state index in [1.807, 2.05) is 12.1 Å². The van der Waals surface area contributed by atoms with Gasteiger partial charge in [-0.2, -0.15) is 31.6 Å². The van der Waals surface area contributed by atoms with Crippen LogP contribution in [0.15, 0.2) is 77.8 Å². The van der Waals surface area contributed by atoms with Gasteiger partial charge in [0.1, 0.15) is 0 Å². The molecule has 1 aliphatic carbocycles. The topological polar surface area (TPSA) is 138 Å². The number of carboxylic acids is 1. The number of aliphatic carboxylic acids is 1. The molecule has 252 valence electrons. The van der Waals surface area contributed by atoms with Crippen molar-refractivity contribution < 1.29 is 46.1 Å². The third kappa shape index (κ3) is 9.35. The maximum absolute atomic E-state index is 13.6. The highest BCUT2D eigenvalue weighted by atomic mass is 19.4. The summed E-state index contributed by atoms with van der Waals surface area (Å²) < 4.78 is 81.4. The van der Waals surface area contributed by atoms with Gasteiger partial charge in [-0.3, -0.25) is 10.1 Å². The molecule has 0 unspecified atom stereocenters. The fraction of sp³-hybridized carbons (Fsp3) is 0.273. The summed E-state index contributed by atoms with van der Waals surface area (Å²) in [5.74, 6) is -2.57. The van der Waals surface area contributed by atoms with Crippen molar-refractivity contribution in [2.75, 3.05) is 11.4 Å². The summed E-state index contributed by atoms with van der Waals surface area (Å²) in [5.41, 5.74) is -0.798. The molecule has 0 spiro atoms. The highest BCUT2D eigenvalue weighted by Gasteiger charge is 2.37. The Morgan fingerprint density at radius 3 is 2.08 bits per heavy atom. The molecule has 0 fully saturated rings. The van der Waals surface area contributed by atoms with E-state index in [4.69, 9.17) is 5.11 Å². The van der Waals surface area contributed by atoms with Crippen LogP contribution in [-0.2, 0) is 23.7 Å². The molecule has 4 N–H and O–H groups in total. The average Bonchev–Trinajstić information content (AvgIpc) is 3.05. The van der Waals surface area contributed by atoms with E-state index >= 15 is 0 Å². The van der Waals surface area contributed by atoms with Gasteiger partial charge < -0.3 is 20.4 Å². The summed E-state index contributed by atoms with van der Waals surface area (Å²) in [6.45, 7) is -0.651. The fourth-order valence-corrected chi connectivity index (χ4v) is 4.90. The normalized spacial score (nSPS) is 14.4. The Hall–Kier alpha value is -5.36. The van der Waals surface area contributed by atoms with E-state index in [2.05, 4.69) is 21.7 Å². The van der Waals surface area contributed by atoms with Crippen LogP contribution < -0.4 is 15.5 Å². The number of nitrogens with zero attached hydrogens (tertiary/aromatic N) is 3. The number of carbonyl (C=O) groups is 2. The van der Waals surface area contributed by atoms with Crippen molar-refractivity contribution in [1.29, 1.82) is 5.26 Å². The molecule has 0 bridgehead atoms. The number of aliphatic hydroxyl groups is 1. The number of amides is 1. The number of aliphatic hydroxyl groups excluding tert-OH is 1. The van der Waals surface area contributed by atoms with Gasteiger partial charge in [0.2, 0.25) is 5.96 Å². The van der Waals surface area contributed by atoms with E-state index in [9.17, 15) is 46.3 Å². The largest absolute Gasteiger partial charge is 0.479 e. The molecule has 0 radical (unpaired) electrons. The zero-order valence-electron chi connectivity index (χ0n) is 25.1. The zero-order chi connectivity index (χ0) is 35.1. The van der Waals surface area contributed by atoms with Crippen LogP contribution >= 0.6 is 0 Å². The highest BCUT2D eigenvalue weighted by Crippen LogP contribution is 2.38. The number of nitrogens with one attached hydrogen (secondary N) is 2. The predicted octanol–water partition coefficient (Wildman–Crippen LogP) is 6.62. The lowest BCUT2D eigenvalue weighted by molar-refractivity contribution is -0.146. The SMILES string of the molecule is N#CNC(=Nc1cc(C(F)(F)F)cc(C(F)(F)F)c1)N(Cc1ccc(C(=O)NC[C@@H](O)C(=O)O)cc1)c1ccc(C2=CCCCC2)cc1. The van der Waals surface area contributed by atoms with E-state index in [-0.39, 0.29) is 24.1 Å². The smallest absolute Gasteiger partial charge is 0.416 e. The Labute approximate surface area is 270 Å². The lowest BCUT2D eigenvalue weighted by atomic mass is 9.93. The number of carboxylic acid groups (broad SMARTS) is 1. The van der Waals surface area contributed by atoms with Crippen LogP contribution in [0.3, 0.4) is 0 Å². The summed E-state index contributed by atoms with van der Waals surface area (Å²) in [6, 6.07) is 13.7. The minimum Gasteiger partial charge on any atom is -0.479 e. The van der Waals surface area contributed by atoms with E-state index in [0.29, 0.717) is 23.4 Å². The van der Waals surface area contributed by atoms with Gasteiger partial charge in [0.05, 0.1) is 29.9 Å². The van der Waals surface area contributed by atoms with Crippen LogP contribution in [-0.4, -0.2) is 40.7 Å². The van der Waals surface area contributed by atoms with Gasteiger partial charge in [0, 0.05) is 11.3 Å². The van der Waals surface area contributed by atoms with Crippen molar-refractivity contribution in [3.05, 3.63) is 101 Å². The molecule has 1 amide bonds. The Kier molecular flexibility index (Phi) is 11.1. The molecule has 9 nitrogen and oxygen atoms in total. The number of aliphatic imine (C=N–C) groups is 1. The Morgan fingerprint density at radius 1 is 0.938 bits per heavy atom. The minimum absolute atomic E-state index is 0.0209. The molecule has 1 aliphatic rings. The third-order valence-corrected chi connectivity index (χ3v) is 7.37. The maximum Gasteiger partial charge on any atom is 0.416 e. The van der Waals surface area contributed by atoms with Crippen molar-refractivity contribution in [2.24, 2.45) is 4.99 Å². The Morgan fingerprint density at radius 2 is 1.56 bits per heavy atom. The van der Waals surface area contributed by atoms with Crippen LogP contribution in [0.5, 0.6) is 0 Å². The molecule has 1 atom stereocenters. The first-order valence-corrected chi connectivity index (χ1v) is 14.5. The van der Waals surface area contributed by atoms with Crippen molar-refractivity contribution in [3.63, 3.8) is 0 Å². The van der Waals surface area contributed by atoms with E-state index in [1.54, 1.807) is 18.3 Å². The van der Waals surface area contributed by atoms with Crippen LogP contribution in [0.1, 0.15) is 58.3 Å². The minimum atomic E-state index is -5.11. The second-order valence-electron chi connectivity index (χ2n) is 10.8. The number of hydrogen-bond donors (Lipinski definition) is 4.